The van der Waals surface area contributed by atoms with E-state index in [0.29, 0.717) is 47.9 Å². The van der Waals surface area contributed by atoms with Gasteiger partial charge in [0.15, 0.2) is 23.0 Å². The topological polar surface area (TPSA) is 165 Å². The molecule has 2 aromatic heterocycles. The number of carbonyl (C=O) groups is 1. The van der Waals surface area contributed by atoms with E-state index in [4.69, 9.17) is 5.10 Å². The molecule has 11 nitrogen and oxygen atoms in total. The van der Waals surface area contributed by atoms with Crippen LogP contribution in [-0.2, 0) is 16.6 Å². The highest BCUT2D eigenvalue weighted by Crippen LogP contribution is 2.45. The normalized spacial score (nSPS) is 14.4. The van der Waals surface area contributed by atoms with Crippen molar-refractivity contribution in [2.75, 3.05) is 19.6 Å². The van der Waals surface area contributed by atoms with E-state index >= 15 is 0 Å². The summed E-state index contributed by atoms with van der Waals surface area (Å²) < 4.78 is 17.1. The molecule has 0 saturated carbocycles. The maximum atomic E-state index is 13.5. The molecule has 16 heteroatoms. The lowest BCUT2D eigenvalue weighted by Gasteiger charge is -2.37. The second-order valence-electron chi connectivity index (χ2n) is 13.7. The number of likely N-dealkylation sites (tertiary alicyclic amines) is 1. The Morgan fingerprint density at radius 2 is 1.33 bits per heavy atom. The Morgan fingerprint density at radius 3 is 1.86 bits per heavy atom. The number of nitrogens with zero attached hydrogens (tertiary/aromatic N) is 5. The maximum absolute atomic E-state index is 13.5. The van der Waals surface area contributed by atoms with Gasteiger partial charge in [-0.15, -0.1) is 0 Å². The highest BCUT2D eigenvalue weighted by atomic mass is 79.9. The fraction of sp³-hybridized carbons (Fsp3) is 0.220. The number of carboxylic acid groups (broad SMARTS) is 1. The van der Waals surface area contributed by atoms with Gasteiger partial charge in [0.25, 0.3) is 5.95 Å². The Hall–Kier alpha value is -4.35. The Morgan fingerprint density at radius 1 is 0.789 bits per heavy atom. The molecular formula is C41H36Br4FN5O6. The second-order valence-corrected chi connectivity index (χ2v) is 16.9. The lowest BCUT2D eigenvalue weighted by atomic mass is 9.81. The van der Waals surface area contributed by atoms with E-state index in [1.165, 1.54) is 24.3 Å². The number of halogens is 5. The molecule has 5 N–H and O–H groups in total. The molecule has 0 radical (unpaired) electrons. The Kier molecular flexibility index (Phi) is 13.4. The fourth-order valence-electron chi connectivity index (χ4n) is 6.70. The van der Waals surface area contributed by atoms with Crippen LogP contribution in [0.15, 0.2) is 109 Å². The third-order valence-corrected chi connectivity index (χ3v) is 14.3. The Labute approximate surface area is 361 Å². The van der Waals surface area contributed by atoms with E-state index < -0.39 is 11.4 Å². The predicted molar refractivity (Wildman–Crippen MR) is 228 cm³/mol. The standard InChI is InChI=1S/C28H28FN5O2.C13H8Br4O4/c1-28(26(35)36,22-6-3-2-4-7-22)19-33-16-12-21(13-17-33)25-18-24(20-8-10-23(29)11-9-20)32-34(25)27-30-14-5-15-31-27;14-8-4(2-6(18)12(20)10(8)16)1-5-3-7(19)13(21)11(17)9(5)15/h2-11,14-15,18,21H,12-13,16-17,19H2,1H3,(H,35,36);2-3,18-21H,1H2. The van der Waals surface area contributed by atoms with Crippen LogP contribution < -0.4 is 0 Å². The summed E-state index contributed by atoms with van der Waals surface area (Å²) in [5.74, 6) is -1.42. The molecule has 6 aromatic rings. The zero-order valence-electron chi connectivity index (χ0n) is 30.3. The number of phenolic OH excluding ortho intramolecular Hbond substituents is 4. The van der Waals surface area contributed by atoms with Gasteiger partial charge in [0.2, 0.25) is 0 Å². The molecule has 57 heavy (non-hydrogen) atoms. The van der Waals surface area contributed by atoms with Crippen molar-refractivity contribution in [2.24, 2.45) is 0 Å². The van der Waals surface area contributed by atoms with Crippen molar-refractivity contribution in [3.05, 3.63) is 137 Å². The van der Waals surface area contributed by atoms with E-state index in [1.54, 1.807) is 42.2 Å². The van der Waals surface area contributed by atoms with Crippen LogP contribution in [0.2, 0.25) is 0 Å². The van der Waals surface area contributed by atoms with Crippen LogP contribution in [-0.4, -0.2) is 75.8 Å². The van der Waals surface area contributed by atoms with Gasteiger partial charge < -0.3 is 30.4 Å². The van der Waals surface area contributed by atoms with Crippen LogP contribution in [0.25, 0.3) is 17.2 Å². The molecule has 296 valence electrons. The summed E-state index contributed by atoms with van der Waals surface area (Å²) in [5.41, 5.74) is 3.77. The molecule has 1 fully saturated rings. The number of aromatic hydroxyl groups is 4. The largest absolute Gasteiger partial charge is 0.504 e. The first-order chi connectivity index (χ1) is 27.2. The highest BCUT2D eigenvalue weighted by Gasteiger charge is 2.38. The van der Waals surface area contributed by atoms with Gasteiger partial charge in [-0.3, -0.25) is 4.79 Å². The first kappa shape index (κ1) is 42.3. The number of benzene rings is 4. The summed E-state index contributed by atoms with van der Waals surface area (Å²) in [7, 11) is 0. The molecule has 1 saturated heterocycles. The first-order valence-electron chi connectivity index (χ1n) is 17.6. The summed E-state index contributed by atoms with van der Waals surface area (Å²) in [6, 6.07) is 22.4. The number of phenols is 4. The van der Waals surface area contributed by atoms with E-state index in [-0.39, 0.29) is 34.7 Å². The predicted octanol–water partition coefficient (Wildman–Crippen LogP) is 9.84. The van der Waals surface area contributed by atoms with Gasteiger partial charge in [-0.05, 0) is 162 Å². The third-order valence-electron chi connectivity index (χ3n) is 9.90. The van der Waals surface area contributed by atoms with Crippen LogP contribution in [0.4, 0.5) is 4.39 Å². The number of carboxylic acids is 1. The fourth-order valence-corrected chi connectivity index (χ4v) is 8.50. The van der Waals surface area contributed by atoms with E-state index in [0.717, 1.165) is 48.4 Å². The Bertz CT molecular complexity index is 2320. The van der Waals surface area contributed by atoms with Crippen molar-refractivity contribution in [1.82, 2.24) is 24.6 Å². The van der Waals surface area contributed by atoms with E-state index in [2.05, 4.69) is 78.6 Å². The van der Waals surface area contributed by atoms with Crippen LogP contribution in [0.3, 0.4) is 0 Å². The second kappa shape index (κ2) is 18.1. The minimum atomic E-state index is -0.983. The minimum absolute atomic E-state index is 0.208. The molecule has 4 aromatic carbocycles. The van der Waals surface area contributed by atoms with Crippen molar-refractivity contribution >= 4 is 69.7 Å². The maximum Gasteiger partial charge on any atom is 0.315 e. The quantitative estimate of drug-likeness (QED) is 0.0881. The van der Waals surface area contributed by atoms with Crippen LogP contribution in [0.5, 0.6) is 23.0 Å². The third kappa shape index (κ3) is 9.36. The zero-order chi connectivity index (χ0) is 41.0. The number of hydrogen-bond donors (Lipinski definition) is 5. The van der Waals surface area contributed by atoms with Crippen molar-refractivity contribution in [1.29, 1.82) is 0 Å². The molecule has 0 bridgehead atoms. The van der Waals surface area contributed by atoms with Gasteiger partial charge in [0.1, 0.15) is 11.2 Å². The number of hydrogen-bond acceptors (Lipinski definition) is 9. The average molecular weight is 1030 g/mol. The number of rotatable bonds is 9. The number of aliphatic carboxylic acids is 1. The molecule has 3 heterocycles. The average Bonchev–Trinajstić information content (AvgIpc) is 3.67. The molecule has 1 aliphatic heterocycles. The highest BCUT2D eigenvalue weighted by molar-refractivity contribution is 9.13. The van der Waals surface area contributed by atoms with Crippen molar-refractivity contribution in [3.63, 3.8) is 0 Å². The zero-order valence-corrected chi connectivity index (χ0v) is 36.6. The summed E-state index contributed by atoms with van der Waals surface area (Å²) in [6.07, 6.45) is 5.42. The van der Waals surface area contributed by atoms with Crippen LogP contribution in [0.1, 0.15) is 48.1 Å². The van der Waals surface area contributed by atoms with E-state index in [1.807, 2.05) is 36.4 Å². The molecule has 1 atom stereocenters. The summed E-state index contributed by atoms with van der Waals surface area (Å²) in [6.45, 7) is 3.79. The van der Waals surface area contributed by atoms with Gasteiger partial charge in [-0.1, -0.05) is 30.3 Å². The molecule has 7 rings (SSSR count). The summed E-state index contributed by atoms with van der Waals surface area (Å²) >= 11 is 13.1. The van der Waals surface area contributed by atoms with Crippen LogP contribution >= 0.6 is 63.7 Å². The van der Waals surface area contributed by atoms with Crippen molar-refractivity contribution in [3.8, 4) is 40.2 Å². The molecule has 1 unspecified atom stereocenters. The smallest absolute Gasteiger partial charge is 0.315 e. The van der Waals surface area contributed by atoms with Crippen molar-refractivity contribution in [2.45, 2.75) is 37.5 Å². The molecular weight excluding hydrogens is 997 g/mol. The number of piperidine rings is 1. The lowest BCUT2D eigenvalue weighted by Crippen LogP contribution is -2.47. The molecule has 0 aliphatic carbocycles. The monoisotopic (exact) mass is 1030 g/mol. The first-order valence-corrected chi connectivity index (χ1v) is 20.8. The van der Waals surface area contributed by atoms with Crippen molar-refractivity contribution < 1.29 is 34.7 Å². The van der Waals surface area contributed by atoms with Gasteiger partial charge in [0.05, 0.1) is 20.3 Å². The van der Waals surface area contributed by atoms with Gasteiger partial charge >= 0.3 is 5.97 Å². The van der Waals surface area contributed by atoms with Gasteiger partial charge in [-0.25, -0.2) is 19.0 Å². The summed E-state index contributed by atoms with van der Waals surface area (Å²) in [4.78, 5) is 23.3. The molecule has 1 aliphatic rings. The molecule has 0 amide bonds. The van der Waals surface area contributed by atoms with Crippen LogP contribution in [0, 0.1) is 5.82 Å². The summed E-state index contributed by atoms with van der Waals surface area (Å²) in [5, 5.41) is 53.5. The van der Waals surface area contributed by atoms with E-state index in [9.17, 15) is 34.7 Å². The van der Waals surface area contributed by atoms with Gasteiger partial charge in [0, 0.05) is 45.8 Å². The SMILES string of the molecule is CC(CN1CCC(c2cc(-c3ccc(F)cc3)nn2-c2ncccn2)CC1)(C(=O)O)c1ccccc1.Oc1cc(Cc2cc(O)c(O)c(Br)c2Br)c(Br)c(Br)c1O. The van der Waals surface area contributed by atoms with Gasteiger partial charge in [-0.2, -0.15) is 5.10 Å². The lowest BCUT2D eigenvalue weighted by molar-refractivity contribution is -0.144. The Balaban J connectivity index is 0.000000223. The number of aromatic nitrogens is 4. The molecule has 0 spiro atoms. The minimum Gasteiger partial charge on any atom is -0.504 e.